The fraction of sp³-hybridized carbons (Fsp3) is 0.333. The first kappa shape index (κ1) is 18.8. The van der Waals surface area contributed by atoms with Crippen molar-refractivity contribution in [3.05, 3.63) is 53.6 Å². The number of carbonyl (C=O) groups is 2. The van der Waals surface area contributed by atoms with E-state index in [-0.39, 0.29) is 11.8 Å². The lowest BCUT2D eigenvalue weighted by Crippen LogP contribution is -2.47. The van der Waals surface area contributed by atoms with E-state index in [0.717, 1.165) is 11.3 Å². The van der Waals surface area contributed by atoms with Gasteiger partial charge in [-0.05, 0) is 43.7 Å². The van der Waals surface area contributed by atoms with Gasteiger partial charge in [0.05, 0.1) is 13.2 Å². The van der Waals surface area contributed by atoms with Gasteiger partial charge >= 0.3 is 0 Å². The summed E-state index contributed by atoms with van der Waals surface area (Å²) < 4.78 is 11.2. The molecule has 27 heavy (non-hydrogen) atoms. The third-order valence-corrected chi connectivity index (χ3v) is 4.53. The van der Waals surface area contributed by atoms with Crippen molar-refractivity contribution in [3.8, 4) is 11.5 Å². The monoisotopic (exact) mass is 368 g/mol. The Balaban J connectivity index is 2.00. The van der Waals surface area contributed by atoms with Crippen LogP contribution in [0.15, 0.2) is 42.5 Å². The predicted octanol–water partition coefficient (Wildman–Crippen LogP) is 2.80. The minimum absolute atomic E-state index is 0.185. The van der Waals surface area contributed by atoms with Gasteiger partial charge in [-0.1, -0.05) is 18.2 Å². The number of rotatable bonds is 6. The second-order valence-corrected chi connectivity index (χ2v) is 6.17. The molecule has 1 atom stereocenters. The van der Waals surface area contributed by atoms with Crippen molar-refractivity contribution in [2.24, 2.45) is 0 Å². The van der Waals surface area contributed by atoms with Crippen LogP contribution < -0.4 is 19.7 Å². The molecule has 0 fully saturated rings. The maximum Gasteiger partial charge on any atom is 0.259 e. The summed E-state index contributed by atoms with van der Waals surface area (Å²) in [6.07, 6.45) is 0.497. The van der Waals surface area contributed by atoms with Crippen LogP contribution in [0.2, 0.25) is 0 Å². The summed E-state index contributed by atoms with van der Waals surface area (Å²) in [6, 6.07) is 12.2. The van der Waals surface area contributed by atoms with E-state index < -0.39 is 6.04 Å². The van der Waals surface area contributed by atoms with Crippen molar-refractivity contribution in [1.82, 2.24) is 5.32 Å². The quantitative estimate of drug-likeness (QED) is 0.851. The van der Waals surface area contributed by atoms with Crippen molar-refractivity contribution in [2.45, 2.75) is 26.3 Å². The Labute approximate surface area is 159 Å². The Hall–Kier alpha value is -3.02. The standard InChI is InChI=1S/C21H24N2O4/c1-4-26-18-11-10-15(13-19(18)27-5-2)21(25)23-16-9-7-6-8-14(16)12-17(23)20(24)22-3/h6-11,13,17H,4-5,12H2,1-3H3,(H,22,24)/t17-/m1/s1. The molecule has 0 radical (unpaired) electrons. The Bertz CT molecular complexity index is 850. The second kappa shape index (κ2) is 8.12. The van der Waals surface area contributed by atoms with Gasteiger partial charge in [0.15, 0.2) is 11.5 Å². The van der Waals surface area contributed by atoms with Gasteiger partial charge in [-0.2, -0.15) is 0 Å². The van der Waals surface area contributed by atoms with Crippen molar-refractivity contribution in [1.29, 1.82) is 0 Å². The highest BCUT2D eigenvalue weighted by molar-refractivity contribution is 6.11. The van der Waals surface area contributed by atoms with Crippen LogP contribution in [0.1, 0.15) is 29.8 Å². The third-order valence-electron chi connectivity index (χ3n) is 4.53. The molecular formula is C21H24N2O4. The fourth-order valence-corrected chi connectivity index (χ4v) is 3.34. The number of likely N-dealkylation sites (N-methyl/N-ethyl adjacent to an activating group) is 1. The number of anilines is 1. The zero-order chi connectivity index (χ0) is 19.4. The number of carbonyl (C=O) groups excluding carboxylic acids is 2. The second-order valence-electron chi connectivity index (χ2n) is 6.17. The van der Waals surface area contributed by atoms with Gasteiger partial charge in [-0.3, -0.25) is 14.5 Å². The topological polar surface area (TPSA) is 67.9 Å². The van der Waals surface area contributed by atoms with Crippen LogP contribution in [0.5, 0.6) is 11.5 Å². The maximum atomic E-state index is 13.3. The lowest BCUT2D eigenvalue weighted by Gasteiger charge is -2.25. The normalized spacial score (nSPS) is 15.2. The van der Waals surface area contributed by atoms with E-state index in [0.29, 0.717) is 36.7 Å². The van der Waals surface area contributed by atoms with E-state index in [2.05, 4.69) is 5.32 Å². The fourth-order valence-electron chi connectivity index (χ4n) is 3.34. The number of para-hydroxylation sites is 1. The number of ether oxygens (including phenoxy) is 2. The molecule has 0 spiro atoms. The summed E-state index contributed by atoms with van der Waals surface area (Å²) in [4.78, 5) is 27.3. The first-order valence-corrected chi connectivity index (χ1v) is 9.13. The van der Waals surface area contributed by atoms with Crippen molar-refractivity contribution >= 4 is 17.5 Å². The highest BCUT2D eigenvalue weighted by Gasteiger charge is 2.38. The van der Waals surface area contributed by atoms with E-state index in [4.69, 9.17) is 9.47 Å². The number of hydrogen-bond donors (Lipinski definition) is 1. The summed E-state index contributed by atoms with van der Waals surface area (Å²) in [7, 11) is 1.58. The molecule has 1 heterocycles. The van der Waals surface area contributed by atoms with Gasteiger partial charge < -0.3 is 14.8 Å². The van der Waals surface area contributed by atoms with Gasteiger partial charge in [0, 0.05) is 24.7 Å². The molecule has 1 aliphatic rings. The first-order chi connectivity index (χ1) is 13.1. The van der Waals surface area contributed by atoms with E-state index in [1.54, 1.807) is 30.1 Å². The van der Waals surface area contributed by atoms with Crippen LogP contribution in [0.4, 0.5) is 5.69 Å². The molecule has 2 aromatic carbocycles. The average Bonchev–Trinajstić information content (AvgIpc) is 3.08. The van der Waals surface area contributed by atoms with Gasteiger partial charge in [0.1, 0.15) is 6.04 Å². The highest BCUT2D eigenvalue weighted by Crippen LogP contribution is 2.35. The van der Waals surface area contributed by atoms with Crippen molar-refractivity contribution < 1.29 is 19.1 Å². The largest absolute Gasteiger partial charge is 0.490 e. The number of amides is 2. The van der Waals surface area contributed by atoms with Gasteiger partial charge in [0.2, 0.25) is 5.91 Å². The molecule has 0 unspecified atom stereocenters. The van der Waals surface area contributed by atoms with Gasteiger partial charge in [0.25, 0.3) is 5.91 Å². The van der Waals surface area contributed by atoms with Crippen LogP contribution in [0, 0.1) is 0 Å². The Kier molecular flexibility index (Phi) is 5.64. The Morgan fingerprint density at radius 2 is 1.78 bits per heavy atom. The molecular weight excluding hydrogens is 344 g/mol. The summed E-state index contributed by atoms with van der Waals surface area (Å²) >= 11 is 0. The summed E-state index contributed by atoms with van der Waals surface area (Å²) in [5.74, 6) is 0.697. The molecule has 142 valence electrons. The Morgan fingerprint density at radius 3 is 2.48 bits per heavy atom. The van der Waals surface area contributed by atoms with Crippen molar-refractivity contribution in [2.75, 3.05) is 25.2 Å². The first-order valence-electron chi connectivity index (χ1n) is 9.13. The van der Waals surface area contributed by atoms with Gasteiger partial charge in [-0.15, -0.1) is 0 Å². The predicted molar refractivity (Wildman–Crippen MR) is 104 cm³/mol. The molecule has 6 nitrogen and oxygen atoms in total. The highest BCUT2D eigenvalue weighted by atomic mass is 16.5. The zero-order valence-corrected chi connectivity index (χ0v) is 15.8. The van der Waals surface area contributed by atoms with Gasteiger partial charge in [-0.25, -0.2) is 0 Å². The summed E-state index contributed by atoms with van der Waals surface area (Å²) in [6.45, 7) is 4.74. The van der Waals surface area contributed by atoms with Crippen LogP contribution in [-0.2, 0) is 11.2 Å². The third kappa shape index (κ3) is 3.60. The number of nitrogens with zero attached hydrogens (tertiary/aromatic N) is 1. The van der Waals surface area contributed by atoms with Crippen LogP contribution in [0.25, 0.3) is 0 Å². The van der Waals surface area contributed by atoms with E-state index in [9.17, 15) is 9.59 Å². The molecule has 0 aromatic heterocycles. The molecule has 1 aliphatic heterocycles. The molecule has 2 aromatic rings. The maximum absolute atomic E-state index is 13.3. The molecule has 3 rings (SSSR count). The number of nitrogens with one attached hydrogen (secondary N) is 1. The summed E-state index contributed by atoms with van der Waals surface area (Å²) in [5.41, 5.74) is 2.20. The van der Waals surface area contributed by atoms with Crippen LogP contribution in [0.3, 0.4) is 0 Å². The number of benzene rings is 2. The van der Waals surface area contributed by atoms with E-state index >= 15 is 0 Å². The molecule has 0 bridgehead atoms. The van der Waals surface area contributed by atoms with E-state index in [1.165, 1.54) is 0 Å². The lowest BCUT2D eigenvalue weighted by atomic mass is 10.1. The molecule has 2 amide bonds. The SMILES string of the molecule is CCOc1ccc(C(=O)N2c3ccccc3C[C@@H]2C(=O)NC)cc1OCC. The zero-order valence-electron chi connectivity index (χ0n) is 15.8. The molecule has 1 N–H and O–H groups in total. The molecule has 0 saturated heterocycles. The Morgan fingerprint density at radius 1 is 1.07 bits per heavy atom. The smallest absolute Gasteiger partial charge is 0.259 e. The minimum atomic E-state index is -0.568. The number of fused-ring (bicyclic) bond motifs is 1. The summed E-state index contributed by atoms with van der Waals surface area (Å²) in [5, 5.41) is 2.66. The average molecular weight is 368 g/mol. The van der Waals surface area contributed by atoms with Crippen molar-refractivity contribution in [3.63, 3.8) is 0 Å². The molecule has 0 aliphatic carbocycles. The molecule has 6 heteroatoms. The number of hydrogen-bond acceptors (Lipinski definition) is 4. The van der Waals surface area contributed by atoms with Crippen LogP contribution in [-0.4, -0.2) is 38.1 Å². The lowest BCUT2D eigenvalue weighted by molar-refractivity contribution is -0.121. The minimum Gasteiger partial charge on any atom is -0.490 e. The van der Waals surface area contributed by atoms with Crippen LogP contribution >= 0.6 is 0 Å². The molecule has 0 saturated carbocycles. The van der Waals surface area contributed by atoms with E-state index in [1.807, 2.05) is 38.1 Å².